The maximum Gasteiger partial charge on any atom is 0.276 e. The van der Waals surface area contributed by atoms with Gasteiger partial charge in [0.25, 0.3) is 17.7 Å². The molecule has 7 N–H and O–H groups in total. The largest absolute Gasteiger partial charge is 0.366 e. The number of aryl methyl sites for hydroxylation is 6. The third-order valence-electron chi connectivity index (χ3n) is 8.81. The van der Waals surface area contributed by atoms with Crippen molar-refractivity contribution in [3.8, 4) is 0 Å². The molecule has 0 aliphatic carbocycles. The number of nitrogens with zero attached hydrogens (tertiary/aromatic N) is 8. The van der Waals surface area contributed by atoms with Gasteiger partial charge in [0, 0.05) is 50.4 Å². The van der Waals surface area contributed by atoms with Gasteiger partial charge in [-0.3, -0.25) is 39.2 Å². The van der Waals surface area contributed by atoms with E-state index < -0.39 is 5.91 Å². The number of nitrogens with two attached hydrogens (primary N) is 2. The van der Waals surface area contributed by atoms with Crippen molar-refractivity contribution in [3.05, 3.63) is 82.4 Å². The molecule has 0 saturated heterocycles. The molecule has 276 valence electrons. The summed E-state index contributed by atoms with van der Waals surface area (Å²) in [6.45, 7) is 10.1. The second-order valence-corrected chi connectivity index (χ2v) is 12.6. The molecule has 0 saturated carbocycles. The molecule has 0 radical (unpaired) electrons. The number of unbranched alkanes of at least 4 members (excludes halogenated alkanes) is 1. The minimum absolute atomic E-state index is 0.271. The van der Waals surface area contributed by atoms with Crippen LogP contribution in [0.25, 0.3) is 22.1 Å². The molecule has 0 spiro atoms. The Balaban J connectivity index is 1.27. The Kier molecular flexibility index (Phi) is 10.6. The fraction of sp³-hybridized carbons (Fsp3) is 0.333. The van der Waals surface area contributed by atoms with Crippen molar-refractivity contribution >= 4 is 57.6 Å². The van der Waals surface area contributed by atoms with Crippen molar-refractivity contribution < 1.29 is 19.2 Å². The zero-order chi connectivity index (χ0) is 37.8. The minimum atomic E-state index is -0.581. The summed E-state index contributed by atoms with van der Waals surface area (Å²) in [4.78, 5) is 61.0. The molecule has 0 aliphatic heterocycles. The average Bonchev–Trinajstić information content (AvgIpc) is 3.90. The highest BCUT2D eigenvalue weighted by Gasteiger charge is 2.21. The van der Waals surface area contributed by atoms with E-state index in [1.54, 1.807) is 51.8 Å². The van der Waals surface area contributed by atoms with Gasteiger partial charge in [-0.25, -0.2) is 9.97 Å². The predicted molar refractivity (Wildman–Crippen MR) is 200 cm³/mol. The highest BCUT2D eigenvalue weighted by atomic mass is 16.2. The number of benzene rings is 2. The van der Waals surface area contributed by atoms with E-state index >= 15 is 0 Å². The third kappa shape index (κ3) is 7.64. The molecule has 6 rings (SSSR count). The average molecular weight is 722 g/mol. The van der Waals surface area contributed by atoms with Gasteiger partial charge in [-0.2, -0.15) is 10.2 Å². The molecule has 17 nitrogen and oxygen atoms in total. The van der Waals surface area contributed by atoms with E-state index in [1.165, 1.54) is 0 Å². The van der Waals surface area contributed by atoms with Gasteiger partial charge in [0.05, 0.1) is 33.5 Å². The quantitative estimate of drug-likeness (QED) is 0.0980. The van der Waals surface area contributed by atoms with E-state index in [2.05, 4.69) is 31.1 Å². The zero-order valence-electron chi connectivity index (χ0n) is 30.1. The number of hydrogen-bond acceptors (Lipinski definition) is 9. The van der Waals surface area contributed by atoms with Crippen LogP contribution in [0.5, 0.6) is 0 Å². The fourth-order valence-electron chi connectivity index (χ4n) is 6.30. The van der Waals surface area contributed by atoms with Crippen molar-refractivity contribution in [2.45, 2.75) is 66.7 Å². The number of imidazole rings is 2. The molecular weight excluding hydrogens is 678 g/mol. The normalized spacial score (nSPS) is 11.3. The second-order valence-electron chi connectivity index (χ2n) is 12.6. The molecule has 6 aromatic rings. The number of anilines is 2. The molecule has 53 heavy (non-hydrogen) atoms. The molecule has 0 unspecified atom stereocenters. The molecular formula is C36H43N13O4. The van der Waals surface area contributed by atoms with E-state index in [0.717, 1.165) is 22.4 Å². The summed E-state index contributed by atoms with van der Waals surface area (Å²) in [7, 11) is 0. The maximum absolute atomic E-state index is 13.5. The summed E-state index contributed by atoms with van der Waals surface area (Å²) in [5.41, 5.74) is 16.6. The number of amides is 4. The van der Waals surface area contributed by atoms with Gasteiger partial charge < -0.3 is 25.9 Å². The smallest absolute Gasteiger partial charge is 0.276 e. The number of rotatable bonds is 15. The van der Waals surface area contributed by atoms with Gasteiger partial charge in [0.1, 0.15) is 11.4 Å². The first-order valence-electron chi connectivity index (χ1n) is 17.5. The third-order valence-corrected chi connectivity index (χ3v) is 8.81. The first-order valence-corrected chi connectivity index (χ1v) is 17.5. The molecule has 0 fully saturated rings. The topological polar surface area (TPSA) is 228 Å². The molecule has 0 bridgehead atoms. The van der Waals surface area contributed by atoms with Crippen LogP contribution >= 0.6 is 0 Å². The Morgan fingerprint density at radius 3 is 1.60 bits per heavy atom. The number of carbonyl (C=O) groups excluding carboxylic acids is 4. The number of aromatic nitrogens is 8. The van der Waals surface area contributed by atoms with Crippen LogP contribution in [-0.2, 0) is 26.2 Å². The molecule has 0 atom stereocenters. The Hall–Kier alpha value is -6.36. The SMILES string of the molecule is CCn1nc(C)cc1C(=O)Nc1nc2cc(C(N)=O)ccc2n1CCCCn1c(NC(=O)c2cc(C)nn2CC)nc2cc(C(=O)NCCN)ccc21. The van der Waals surface area contributed by atoms with Crippen LogP contribution < -0.4 is 27.4 Å². The van der Waals surface area contributed by atoms with Gasteiger partial charge in [-0.15, -0.1) is 0 Å². The lowest BCUT2D eigenvalue weighted by atomic mass is 10.2. The Morgan fingerprint density at radius 2 is 1.15 bits per heavy atom. The van der Waals surface area contributed by atoms with Crippen molar-refractivity contribution in [2.75, 3.05) is 23.7 Å². The monoisotopic (exact) mass is 721 g/mol. The molecule has 2 aromatic carbocycles. The van der Waals surface area contributed by atoms with Gasteiger partial charge in [-0.1, -0.05) is 0 Å². The van der Waals surface area contributed by atoms with Gasteiger partial charge >= 0.3 is 0 Å². The van der Waals surface area contributed by atoms with Gasteiger partial charge in [0.2, 0.25) is 17.8 Å². The summed E-state index contributed by atoms with van der Waals surface area (Å²) in [5.74, 6) is -0.925. The molecule has 4 heterocycles. The van der Waals surface area contributed by atoms with E-state index in [4.69, 9.17) is 16.5 Å². The second kappa shape index (κ2) is 15.5. The van der Waals surface area contributed by atoms with Crippen LogP contribution in [-0.4, -0.2) is 75.4 Å². The Bertz CT molecular complexity index is 2350. The lowest BCUT2D eigenvalue weighted by Crippen LogP contribution is -2.28. The first-order chi connectivity index (χ1) is 25.5. The summed E-state index contributed by atoms with van der Waals surface area (Å²) in [5, 5.41) is 17.5. The number of nitrogens with one attached hydrogen (secondary N) is 3. The highest BCUT2D eigenvalue weighted by Crippen LogP contribution is 2.25. The molecule has 17 heteroatoms. The van der Waals surface area contributed by atoms with Crippen LogP contribution in [0.15, 0.2) is 48.5 Å². The fourth-order valence-corrected chi connectivity index (χ4v) is 6.30. The van der Waals surface area contributed by atoms with Crippen LogP contribution in [0.1, 0.15) is 79.8 Å². The summed E-state index contributed by atoms with van der Waals surface area (Å²) in [6.07, 6.45) is 1.26. The zero-order valence-corrected chi connectivity index (χ0v) is 30.1. The minimum Gasteiger partial charge on any atom is -0.366 e. The summed E-state index contributed by atoms with van der Waals surface area (Å²) in [6, 6.07) is 13.7. The van der Waals surface area contributed by atoms with E-state index in [-0.39, 0.29) is 17.7 Å². The lowest BCUT2D eigenvalue weighted by Gasteiger charge is -2.13. The highest BCUT2D eigenvalue weighted by molar-refractivity contribution is 6.04. The van der Waals surface area contributed by atoms with Crippen molar-refractivity contribution in [1.82, 2.24) is 44.0 Å². The number of fused-ring (bicyclic) bond motifs is 2. The van der Waals surface area contributed by atoms with E-state index in [1.807, 2.05) is 42.9 Å². The number of carbonyl (C=O) groups is 4. The lowest BCUT2D eigenvalue weighted by molar-refractivity contribution is 0.0952. The molecule has 4 amide bonds. The number of hydrogen-bond donors (Lipinski definition) is 5. The number of primary amides is 1. The van der Waals surface area contributed by atoms with Crippen LogP contribution in [0.3, 0.4) is 0 Å². The van der Waals surface area contributed by atoms with Crippen molar-refractivity contribution in [2.24, 2.45) is 11.5 Å². The maximum atomic E-state index is 13.5. The van der Waals surface area contributed by atoms with Crippen LogP contribution in [0.2, 0.25) is 0 Å². The van der Waals surface area contributed by atoms with Crippen LogP contribution in [0, 0.1) is 13.8 Å². The van der Waals surface area contributed by atoms with Crippen LogP contribution in [0.4, 0.5) is 11.9 Å². The Morgan fingerprint density at radius 1 is 0.679 bits per heavy atom. The van der Waals surface area contributed by atoms with Crippen molar-refractivity contribution in [1.29, 1.82) is 0 Å². The summed E-state index contributed by atoms with van der Waals surface area (Å²) >= 11 is 0. The first kappa shape index (κ1) is 36.4. The standard InChI is InChI=1S/C36H43N13O4/c1-5-48-29(17-21(3)44-48)33(52)42-35-40-25-19-23(31(38)50)9-11-27(25)46(35)15-7-8-16-47-28-12-10-24(32(51)39-14-13-37)20-26(28)41-36(47)43-34(53)30-18-22(4)45-49(30)6-2/h9-12,17-20H,5-8,13-16,37H2,1-4H3,(H2,38,50)(H,39,51)(H,40,42,52)(H,41,43,53). The van der Waals surface area contributed by atoms with Gasteiger partial charge in [0.15, 0.2) is 0 Å². The predicted octanol–water partition coefficient (Wildman–Crippen LogP) is 3.21. The molecule has 4 aromatic heterocycles. The molecule has 0 aliphatic rings. The van der Waals surface area contributed by atoms with Crippen molar-refractivity contribution in [3.63, 3.8) is 0 Å². The summed E-state index contributed by atoms with van der Waals surface area (Å²) < 4.78 is 7.07. The Labute approximate surface area is 304 Å². The van der Waals surface area contributed by atoms with E-state index in [9.17, 15) is 19.2 Å². The van der Waals surface area contributed by atoms with Gasteiger partial charge in [-0.05, 0) is 89.1 Å². The van der Waals surface area contributed by atoms with E-state index in [0.29, 0.717) is 97.6 Å².